The first-order valence-electron chi connectivity index (χ1n) is 8.51. The van der Waals surface area contributed by atoms with Crippen molar-refractivity contribution in [1.82, 2.24) is 4.90 Å². The van der Waals surface area contributed by atoms with Gasteiger partial charge in [0, 0.05) is 36.2 Å². The van der Waals surface area contributed by atoms with Crippen LogP contribution >= 0.6 is 15.9 Å². The van der Waals surface area contributed by atoms with Crippen LogP contribution in [0, 0.1) is 5.82 Å². The highest BCUT2D eigenvalue weighted by molar-refractivity contribution is 9.10. The SMILES string of the molecule is CC(=O)c1ccc(N2CCN(C(=O)Cc3ccc(Br)cc3)CC2)c(F)c1. The third kappa shape index (κ3) is 4.30. The molecule has 0 unspecified atom stereocenters. The second-order valence-electron chi connectivity index (χ2n) is 6.39. The average Bonchev–Trinajstić information content (AvgIpc) is 2.63. The van der Waals surface area contributed by atoms with Crippen molar-refractivity contribution in [1.29, 1.82) is 0 Å². The highest BCUT2D eigenvalue weighted by Gasteiger charge is 2.23. The summed E-state index contributed by atoms with van der Waals surface area (Å²) in [4.78, 5) is 27.6. The van der Waals surface area contributed by atoms with Crippen molar-refractivity contribution >= 4 is 33.3 Å². The molecule has 2 aromatic rings. The summed E-state index contributed by atoms with van der Waals surface area (Å²) < 4.78 is 15.3. The summed E-state index contributed by atoms with van der Waals surface area (Å²) in [6.07, 6.45) is 0.370. The molecule has 0 radical (unpaired) electrons. The molecule has 1 aliphatic heterocycles. The fourth-order valence-electron chi connectivity index (χ4n) is 3.07. The molecule has 136 valence electrons. The first kappa shape index (κ1) is 18.6. The number of hydrogen-bond donors (Lipinski definition) is 0. The molecule has 0 aliphatic carbocycles. The number of carbonyl (C=O) groups excluding carboxylic acids is 2. The number of rotatable bonds is 4. The highest BCUT2D eigenvalue weighted by Crippen LogP contribution is 2.22. The van der Waals surface area contributed by atoms with E-state index < -0.39 is 5.82 Å². The molecule has 0 saturated carbocycles. The predicted molar refractivity (Wildman–Crippen MR) is 103 cm³/mol. The molecule has 4 nitrogen and oxygen atoms in total. The predicted octanol–water partition coefficient (Wildman–Crippen LogP) is 3.68. The minimum Gasteiger partial charge on any atom is -0.366 e. The lowest BCUT2D eigenvalue weighted by Crippen LogP contribution is -2.49. The average molecular weight is 419 g/mol. The molecule has 3 rings (SSSR count). The van der Waals surface area contributed by atoms with Crippen molar-refractivity contribution in [2.75, 3.05) is 31.1 Å². The Morgan fingerprint density at radius 3 is 2.27 bits per heavy atom. The number of nitrogens with zero attached hydrogens (tertiary/aromatic N) is 2. The van der Waals surface area contributed by atoms with E-state index in [0.717, 1.165) is 10.0 Å². The lowest BCUT2D eigenvalue weighted by atomic mass is 10.1. The standard InChI is InChI=1S/C20H20BrFN2O2/c1-14(25)16-4-7-19(18(22)13-16)23-8-10-24(11-9-23)20(26)12-15-2-5-17(21)6-3-15/h2-7,13H,8-12H2,1H3. The quantitative estimate of drug-likeness (QED) is 0.710. The maximum Gasteiger partial charge on any atom is 0.227 e. The fraction of sp³-hybridized carbons (Fsp3) is 0.300. The molecule has 0 N–H and O–H groups in total. The molecule has 1 heterocycles. The van der Waals surface area contributed by atoms with Crippen LogP contribution < -0.4 is 4.90 Å². The van der Waals surface area contributed by atoms with Crippen molar-refractivity contribution in [2.45, 2.75) is 13.3 Å². The second-order valence-corrected chi connectivity index (χ2v) is 7.31. The van der Waals surface area contributed by atoms with Crippen molar-refractivity contribution in [2.24, 2.45) is 0 Å². The lowest BCUT2D eigenvalue weighted by Gasteiger charge is -2.36. The number of hydrogen-bond acceptors (Lipinski definition) is 3. The molecular weight excluding hydrogens is 399 g/mol. The van der Waals surface area contributed by atoms with Gasteiger partial charge in [-0.3, -0.25) is 9.59 Å². The molecule has 26 heavy (non-hydrogen) atoms. The number of halogens is 2. The normalized spacial score (nSPS) is 14.4. The summed E-state index contributed by atoms with van der Waals surface area (Å²) in [7, 11) is 0. The Morgan fingerprint density at radius 1 is 1.04 bits per heavy atom. The minimum absolute atomic E-state index is 0.0828. The minimum atomic E-state index is -0.396. The maximum atomic E-state index is 14.3. The van der Waals surface area contributed by atoms with Gasteiger partial charge in [0.25, 0.3) is 0 Å². The van der Waals surface area contributed by atoms with Crippen molar-refractivity contribution in [3.05, 3.63) is 63.9 Å². The van der Waals surface area contributed by atoms with Crippen LogP contribution in [0.2, 0.25) is 0 Å². The zero-order valence-electron chi connectivity index (χ0n) is 14.5. The molecule has 1 aliphatic rings. The van der Waals surface area contributed by atoms with E-state index in [1.807, 2.05) is 34.1 Å². The van der Waals surface area contributed by atoms with Crippen LogP contribution in [0.15, 0.2) is 46.9 Å². The number of amides is 1. The third-order valence-electron chi connectivity index (χ3n) is 4.60. The Hall–Kier alpha value is -2.21. The lowest BCUT2D eigenvalue weighted by molar-refractivity contribution is -0.130. The largest absolute Gasteiger partial charge is 0.366 e. The maximum absolute atomic E-state index is 14.3. The first-order valence-corrected chi connectivity index (χ1v) is 9.31. The summed E-state index contributed by atoms with van der Waals surface area (Å²) in [5, 5.41) is 0. The Morgan fingerprint density at radius 2 is 1.69 bits per heavy atom. The number of piperazine rings is 1. The van der Waals surface area contributed by atoms with E-state index in [4.69, 9.17) is 0 Å². The Kier molecular flexibility index (Phi) is 5.71. The zero-order valence-corrected chi connectivity index (χ0v) is 16.1. The smallest absolute Gasteiger partial charge is 0.227 e. The summed E-state index contributed by atoms with van der Waals surface area (Å²) in [6, 6.07) is 12.3. The van der Waals surface area contributed by atoms with E-state index in [-0.39, 0.29) is 11.7 Å². The number of benzene rings is 2. The van der Waals surface area contributed by atoms with Crippen LogP contribution in [0.25, 0.3) is 0 Å². The number of Topliss-reactive ketones (excluding diaryl/α,β-unsaturated/α-hetero) is 1. The summed E-state index contributed by atoms with van der Waals surface area (Å²) >= 11 is 3.38. The molecule has 2 aromatic carbocycles. The number of anilines is 1. The van der Waals surface area contributed by atoms with Gasteiger partial charge >= 0.3 is 0 Å². The summed E-state index contributed by atoms with van der Waals surface area (Å²) in [6.45, 7) is 3.68. The Bertz CT molecular complexity index is 815. The molecule has 0 aromatic heterocycles. The van der Waals surface area contributed by atoms with Gasteiger partial charge in [0.1, 0.15) is 5.82 Å². The van der Waals surface area contributed by atoms with Gasteiger partial charge in [0.2, 0.25) is 5.91 Å². The van der Waals surface area contributed by atoms with E-state index in [1.54, 1.807) is 12.1 Å². The third-order valence-corrected chi connectivity index (χ3v) is 5.12. The zero-order chi connectivity index (χ0) is 18.7. The highest BCUT2D eigenvalue weighted by atomic mass is 79.9. The van der Waals surface area contributed by atoms with Gasteiger partial charge in [-0.1, -0.05) is 28.1 Å². The van der Waals surface area contributed by atoms with Crippen LogP contribution in [0.3, 0.4) is 0 Å². The molecule has 0 spiro atoms. The van der Waals surface area contributed by atoms with Crippen molar-refractivity contribution in [3.8, 4) is 0 Å². The van der Waals surface area contributed by atoms with Crippen molar-refractivity contribution in [3.63, 3.8) is 0 Å². The number of carbonyl (C=O) groups is 2. The van der Waals surface area contributed by atoms with E-state index in [1.165, 1.54) is 13.0 Å². The van der Waals surface area contributed by atoms with Gasteiger partial charge in [-0.15, -0.1) is 0 Å². The Labute approximate surface area is 160 Å². The van der Waals surface area contributed by atoms with Crippen LogP contribution in [0.5, 0.6) is 0 Å². The molecule has 0 atom stereocenters. The molecule has 0 bridgehead atoms. The molecular formula is C20H20BrFN2O2. The summed E-state index contributed by atoms with van der Waals surface area (Å²) in [5.41, 5.74) is 1.83. The van der Waals surface area contributed by atoms with E-state index in [9.17, 15) is 14.0 Å². The number of ketones is 1. The molecule has 6 heteroatoms. The van der Waals surface area contributed by atoms with Crippen LogP contribution in [0.1, 0.15) is 22.8 Å². The van der Waals surface area contributed by atoms with Gasteiger partial charge in [-0.25, -0.2) is 4.39 Å². The second kappa shape index (κ2) is 7.99. The fourth-order valence-corrected chi connectivity index (χ4v) is 3.33. The van der Waals surface area contributed by atoms with Gasteiger partial charge in [0.05, 0.1) is 12.1 Å². The molecule has 1 amide bonds. The first-order chi connectivity index (χ1) is 12.4. The van der Waals surface area contributed by atoms with Gasteiger partial charge in [-0.05, 0) is 42.8 Å². The van der Waals surface area contributed by atoms with Gasteiger partial charge in [0.15, 0.2) is 5.78 Å². The van der Waals surface area contributed by atoms with E-state index >= 15 is 0 Å². The monoisotopic (exact) mass is 418 g/mol. The van der Waals surface area contributed by atoms with Crippen LogP contribution in [-0.4, -0.2) is 42.8 Å². The summed E-state index contributed by atoms with van der Waals surface area (Å²) in [5.74, 6) is -0.467. The van der Waals surface area contributed by atoms with Crippen molar-refractivity contribution < 1.29 is 14.0 Å². The topological polar surface area (TPSA) is 40.6 Å². The van der Waals surface area contributed by atoms with Gasteiger partial charge in [-0.2, -0.15) is 0 Å². The molecule has 1 saturated heterocycles. The van der Waals surface area contributed by atoms with Crippen LogP contribution in [-0.2, 0) is 11.2 Å². The van der Waals surface area contributed by atoms with E-state index in [0.29, 0.717) is 43.9 Å². The van der Waals surface area contributed by atoms with Crippen LogP contribution in [0.4, 0.5) is 10.1 Å². The Balaban J connectivity index is 1.59. The van der Waals surface area contributed by atoms with E-state index in [2.05, 4.69) is 15.9 Å². The molecule has 1 fully saturated rings. The van der Waals surface area contributed by atoms with Gasteiger partial charge < -0.3 is 9.80 Å².